The van der Waals surface area contributed by atoms with Crippen LogP contribution >= 0.6 is 0 Å². The van der Waals surface area contributed by atoms with Crippen molar-refractivity contribution in [1.82, 2.24) is 14.7 Å². The van der Waals surface area contributed by atoms with E-state index in [1.165, 1.54) is 16.7 Å². The predicted octanol–water partition coefficient (Wildman–Crippen LogP) is 4.45. The highest BCUT2D eigenvalue weighted by atomic mass is 16.4. The Morgan fingerprint density at radius 1 is 1.07 bits per heavy atom. The number of carbonyl (C=O) groups is 1. The van der Waals surface area contributed by atoms with Gasteiger partial charge in [0.1, 0.15) is 0 Å². The fourth-order valence-electron chi connectivity index (χ4n) is 3.95. The number of hydrogen-bond donors (Lipinski definition) is 1. The second-order valence-electron chi connectivity index (χ2n) is 7.97. The summed E-state index contributed by atoms with van der Waals surface area (Å²) < 4.78 is 1.95. The van der Waals surface area contributed by atoms with Crippen LogP contribution in [0.2, 0.25) is 0 Å². The van der Waals surface area contributed by atoms with Crippen LogP contribution in [0.3, 0.4) is 0 Å². The number of rotatable bonds is 5. The van der Waals surface area contributed by atoms with Gasteiger partial charge < -0.3 is 5.11 Å². The summed E-state index contributed by atoms with van der Waals surface area (Å²) in [4.78, 5) is 13.6. The van der Waals surface area contributed by atoms with Crippen molar-refractivity contribution in [1.29, 1.82) is 0 Å². The van der Waals surface area contributed by atoms with Crippen LogP contribution in [0.4, 0.5) is 0 Å². The normalized spacial score (nSPS) is 15.5. The Bertz CT molecular complexity index is 1000. The van der Waals surface area contributed by atoms with E-state index in [9.17, 15) is 9.90 Å². The molecule has 1 saturated heterocycles. The highest BCUT2D eigenvalue weighted by Crippen LogP contribution is 2.28. The Morgan fingerprint density at radius 2 is 1.79 bits per heavy atom. The summed E-state index contributed by atoms with van der Waals surface area (Å²) in [5.74, 6) is -0.880. The van der Waals surface area contributed by atoms with Crippen molar-refractivity contribution >= 4 is 5.97 Å². The van der Waals surface area contributed by atoms with E-state index < -0.39 is 5.97 Å². The molecule has 29 heavy (non-hydrogen) atoms. The van der Waals surface area contributed by atoms with Crippen molar-refractivity contribution in [2.75, 3.05) is 13.1 Å². The van der Waals surface area contributed by atoms with Gasteiger partial charge in [-0.1, -0.05) is 30.3 Å². The summed E-state index contributed by atoms with van der Waals surface area (Å²) in [6, 6.07) is 16.6. The molecule has 0 amide bonds. The molecule has 0 aliphatic carbocycles. The number of carboxylic acids is 1. The minimum Gasteiger partial charge on any atom is -0.481 e. The Labute approximate surface area is 171 Å². The van der Waals surface area contributed by atoms with E-state index in [4.69, 9.17) is 5.10 Å². The standard InChI is InChI=1S/C24H27N3O2/c1-17-8-9-20(14-18(17)2)23-21(15-26-12-10-19(11-13-26)24(28)29)16-27(25-23)22-6-4-3-5-7-22/h3-9,14,16,19H,10-13,15H2,1-2H3,(H,28,29). The van der Waals surface area contributed by atoms with Gasteiger partial charge in [0.2, 0.25) is 0 Å². The van der Waals surface area contributed by atoms with Crippen LogP contribution in [0.1, 0.15) is 29.5 Å². The van der Waals surface area contributed by atoms with E-state index >= 15 is 0 Å². The lowest BCUT2D eigenvalue weighted by molar-refractivity contribution is -0.143. The summed E-state index contributed by atoms with van der Waals surface area (Å²) >= 11 is 0. The lowest BCUT2D eigenvalue weighted by Crippen LogP contribution is -2.35. The topological polar surface area (TPSA) is 58.4 Å². The molecule has 150 valence electrons. The van der Waals surface area contributed by atoms with E-state index in [1.807, 2.05) is 22.9 Å². The Kier molecular flexibility index (Phi) is 5.49. The van der Waals surface area contributed by atoms with Crippen molar-refractivity contribution < 1.29 is 9.90 Å². The molecular formula is C24H27N3O2. The molecule has 0 spiro atoms. The first-order chi connectivity index (χ1) is 14.0. The van der Waals surface area contributed by atoms with Gasteiger partial charge in [0.05, 0.1) is 17.3 Å². The maximum atomic E-state index is 11.2. The molecule has 5 heteroatoms. The Balaban J connectivity index is 1.65. The molecule has 2 aromatic carbocycles. The second kappa shape index (κ2) is 8.21. The number of piperidine rings is 1. The minimum atomic E-state index is -0.669. The summed E-state index contributed by atoms with van der Waals surface area (Å²) in [5.41, 5.74) is 6.85. The van der Waals surface area contributed by atoms with Crippen molar-refractivity contribution in [2.45, 2.75) is 33.2 Å². The van der Waals surface area contributed by atoms with Gasteiger partial charge in [-0.15, -0.1) is 0 Å². The van der Waals surface area contributed by atoms with Gasteiger partial charge in [0.15, 0.2) is 0 Å². The third-order valence-corrected chi connectivity index (χ3v) is 5.92. The van der Waals surface area contributed by atoms with Crippen LogP contribution in [-0.2, 0) is 11.3 Å². The van der Waals surface area contributed by atoms with E-state index in [1.54, 1.807) is 0 Å². The Morgan fingerprint density at radius 3 is 2.45 bits per heavy atom. The van der Waals surface area contributed by atoms with Crippen molar-refractivity contribution in [2.24, 2.45) is 5.92 Å². The van der Waals surface area contributed by atoms with Gasteiger partial charge in [0, 0.05) is 23.9 Å². The first kappa shape index (κ1) is 19.4. The van der Waals surface area contributed by atoms with Crippen molar-refractivity contribution in [3.63, 3.8) is 0 Å². The number of nitrogens with zero attached hydrogens (tertiary/aromatic N) is 3. The van der Waals surface area contributed by atoms with E-state index in [-0.39, 0.29) is 5.92 Å². The molecule has 2 heterocycles. The quantitative estimate of drug-likeness (QED) is 0.700. The average Bonchev–Trinajstić information content (AvgIpc) is 3.15. The first-order valence-electron chi connectivity index (χ1n) is 10.2. The molecule has 0 unspecified atom stereocenters. The lowest BCUT2D eigenvalue weighted by Gasteiger charge is -2.29. The van der Waals surface area contributed by atoms with Crippen molar-refractivity contribution in [3.05, 3.63) is 71.4 Å². The highest BCUT2D eigenvalue weighted by Gasteiger charge is 2.25. The van der Waals surface area contributed by atoms with Crippen LogP contribution in [0.5, 0.6) is 0 Å². The molecule has 0 saturated carbocycles. The van der Waals surface area contributed by atoms with Crippen LogP contribution in [-0.4, -0.2) is 38.8 Å². The Hall–Kier alpha value is -2.92. The molecular weight excluding hydrogens is 362 g/mol. The van der Waals surface area contributed by atoms with Crippen LogP contribution in [0.15, 0.2) is 54.7 Å². The molecule has 1 aliphatic heterocycles. The maximum Gasteiger partial charge on any atom is 0.306 e. The largest absolute Gasteiger partial charge is 0.481 e. The van der Waals surface area contributed by atoms with Gasteiger partial charge in [-0.3, -0.25) is 9.69 Å². The van der Waals surface area contributed by atoms with Crippen LogP contribution in [0.25, 0.3) is 16.9 Å². The van der Waals surface area contributed by atoms with Crippen LogP contribution in [0, 0.1) is 19.8 Å². The molecule has 1 fully saturated rings. The maximum absolute atomic E-state index is 11.2. The summed E-state index contributed by atoms with van der Waals surface area (Å²) in [6.07, 6.45) is 3.53. The summed E-state index contributed by atoms with van der Waals surface area (Å²) in [6.45, 7) is 6.64. The monoisotopic (exact) mass is 389 g/mol. The fraction of sp³-hybridized carbons (Fsp3) is 0.333. The number of likely N-dealkylation sites (tertiary alicyclic amines) is 1. The number of aromatic nitrogens is 2. The number of para-hydroxylation sites is 1. The first-order valence-corrected chi connectivity index (χ1v) is 10.2. The smallest absolute Gasteiger partial charge is 0.306 e. The van der Waals surface area contributed by atoms with E-state index in [0.29, 0.717) is 12.8 Å². The molecule has 3 aromatic rings. The zero-order valence-corrected chi connectivity index (χ0v) is 17.0. The van der Waals surface area contributed by atoms with Gasteiger partial charge in [-0.2, -0.15) is 5.10 Å². The van der Waals surface area contributed by atoms with Gasteiger partial charge in [0.25, 0.3) is 0 Å². The number of benzene rings is 2. The zero-order valence-electron chi connectivity index (χ0n) is 17.0. The molecule has 0 radical (unpaired) electrons. The predicted molar refractivity (Wildman–Crippen MR) is 114 cm³/mol. The summed E-state index contributed by atoms with van der Waals surface area (Å²) in [7, 11) is 0. The molecule has 1 aliphatic rings. The lowest BCUT2D eigenvalue weighted by atomic mass is 9.96. The molecule has 1 N–H and O–H groups in total. The number of aliphatic carboxylic acids is 1. The zero-order chi connectivity index (χ0) is 20.4. The minimum absolute atomic E-state index is 0.211. The average molecular weight is 389 g/mol. The van der Waals surface area contributed by atoms with Crippen LogP contribution < -0.4 is 0 Å². The number of carboxylic acid groups (broad SMARTS) is 1. The fourth-order valence-corrected chi connectivity index (χ4v) is 3.95. The second-order valence-corrected chi connectivity index (χ2v) is 7.97. The number of hydrogen-bond acceptors (Lipinski definition) is 3. The molecule has 0 atom stereocenters. The molecule has 5 nitrogen and oxygen atoms in total. The number of aryl methyl sites for hydroxylation is 2. The van der Waals surface area contributed by atoms with Crippen molar-refractivity contribution in [3.8, 4) is 16.9 Å². The third-order valence-electron chi connectivity index (χ3n) is 5.92. The van der Waals surface area contributed by atoms with Gasteiger partial charge in [-0.25, -0.2) is 4.68 Å². The van der Waals surface area contributed by atoms with Gasteiger partial charge >= 0.3 is 5.97 Å². The van der Waals surface area contributed by atoms with Gasteiger partial charge in [-0.05, 0) is 69.1 Å². The molecule has 0 bridgehead atoms. The SMILES string of the molecule is Cc1ccc(-c2nn(-c3ccccc3)cc2CN2CCC(C(=O)O)CC2)cc1C. The third kappa shape index (κ3) is 4.25. The summed E-state index contributed by atoms with van der Waals surface area (Å²) in [5, 5.41) is 14.2. The molecule has 1 aromatic heterocycles. The molecule has 4 rings (SSSR count). The van der Waals surface area contributed by atoms with E-state index in [0.717, 1.165) is 36.6 Å². The highest BCUT2D eigenvalue weighted by molar-refractivity contribution is 5.70. The van der Waals surface area contributed by atoms with E-state index in [2.05, 4.69) is 55.3 Å².